The van der Waals surface area contributed by atoms with Gasteiger partial charge in [0, 0.05) is 23.6 Å². The van der Waals surface area contributed by atoms with Gasteiger partial charge in [0.2, 0.25) is 0 Å². The third-order valence-electron chi connectivity index (χ3n) is 5.49. The molecular weight excluding hydrogens is 356 g/mol. The molecule has 3 atom stereocenters. The number of nitrogens with one attached hydrogen (secondary N) is 2. The average molecular weight is 386 g/mol. The zero-order chi connectivity index (χ0) is 20.9. The van der Waals surface area contributed by atoms with Crippen molar-refractivity contribution in [3.05, 3.63) is 57.0 Å². The van der Waals surface area contributed by atoms with Crippen LogP contribution in [0.2, 0.25) is 0 Å². The van der Waals surface area contributed by atoms with E-state index in [2.05, 4.69) is 31.0 Å². The van der Waals surface area contributed by atoms with E-state index in [-0.39, 0.29) is 23.5 Å². The Kier molecular flexibility index (Phi) is 5.04. The lowest BCUT2D eigenvalue weighted by Crippen LogP contribution is -2.50. The maximum atomic E-state index is 13.0. The van der Waals surface area contributed by atoms with Gasteiger partial charge < -0.3 is 14.9 Å². The Bertz CT molecular complexity index is 913. The van der Waals surface area contributed by atoms with Gasteiger partial charge in [-0.1, -0.05) is 45.0 Å². The minimum absolute atomic E-state index is 0.0106. The van der Waals surface area contributed by atoms with Gasteiger partial charge in [0.1, 0.15) is 0 Å². The van der Waals surface area contributed by atoms with Crippen LogP contribution in [0.4, 0.5) is 0 Å². The van der Waals surface area contributed by atoms with E-state index in [1.807, 2.05) is 24.3 Å². The Morgan fingerprint density at radius 3 is 2.36 bits per heavy atom. The maximum Gasteiger partial charge on any atom is 0.313 e. The highest BCUT2D eigenvalue weighted by Gasteiger charge is 2.51. The summed E-state index contributed by atoms with van der Waals surface area (Å²) in [5.74, 6) is -1.95. The number of fused-ring (bicyclic) bond motifs is 1. The minimum Gasteiger partial charge on any atom is -0.463 e. The van der Waals surface area contributed by atoms with E-state index in [4.69, 9.17) is 4.74 Å². The van der Waals surface area contributed by atoms with Crippen LogP contribution in [0.1, 0.15) is 69.8 Å². The van der Waals surface area contributed by atoms with Crippen molar-refractivity contribution >= 4 is 5.97 Å². The molecule has 0 spiro atoms. The topological polar surface area (TPSA) is 95.2 Å². The number of hydrogen-bond donors (Lipinski definition) is 3. The first-order chi connectivity index (χ1) is 12.9. The molecule has 1 aliphatic carbocycles. The van der Waals surface area contributed by atoms with Crippen LogP contribution in [0.5, 0.6) is 0 Å². The molecule has 152 valence electrons. The molecule has 0 unspecified atom stereocenters. The van der Waals surface area contributed by atoms with Crippen molar-refractivity contribution < 1.29 is 14.6 Å². The van der Waals surface area contributed by atoms with Crippen LogP contribution >= 0.6 is 0 Å². The quantitative estimate of drug-likeness (QED) is 0.707. The highest BCUT2D eigenvalue weighted by molar-refractivity contribution is 5.77. The summed E-state index contributed by atoms with van der Waals surface area (Å²) in [6.45, 7) is 11.6. The molecule has 1 aromatic carbocycles. The first kappa shape index (κ1) is 20.4. The molecule has 1 aliphatic rings. The van der Waals surface area contributed by atoms with Gasteiger partial charge in [-0.05, 0) is 37.3 Å². The normalized spacial score (nSPS) is 24.9. The van der Waals surface area contributed by atoms with Crippen molar-refractivity contribution in [3.63, 3.8) is 0 Å². The van der Waals surface area contributed by atoms with Crippen LogP contribution in [-0.2, 0) is 21.4 Å². The van der Waals surface area contributed by atoms with Crippen molar-refractivity contribution in [1.82, 2.24) is 10.2 Å². The van der Waals surface area contributed by atoms with Crippen molar-refractivity contribution in [1.29, 1.82) is 0 Å². The second-order valence-electron chi connectivity index (χ2n) is 9.32. The van der Waals surface area contributed by atoms with E-state index in [0.717, 1.165) is 11.1 Å². The maximum absolute atomic E-state index is 13.0. The van der Waals surface area contributed by atoms with Crippen molar-refractivity contribution in [2.24, 2.45) is 5.92 Å². The number of carbonyl (C=O) groups excluding carboxylic acids is 1. The van der Waals surface area contributed by atoms with E-state index in [1.54, 1.807) is 20.8 Å². The fraction of sp³-hybridized carbons (Fsp3) is 0.545. The molecule has 0 fully saturated rings. The fourth-order valence-corrected chi connectivity index (χ4v) is 4.11. The summed E-state index contributed by atoms with van der Waals surface area (Å²) in [4.78, 5) is 25.5. The summed E-state index contributed by atoms with van der Waals surface area (Å²) < 4.78 is 5.47. The molecule has 6 nitrogen and oxygen atoms in total. The van der Waals surface area contributed by atoms with Gasteiger partial charge in [-0.3, -0.25) is 14.7 Å². The number of H-pyrrole nitrogens is 2. The number of carbonyl (C=O) groups is 1. The highest BCUT2D eigenvalue weighted by atomic mass is 16.5. The van der Waals surface area contributed by atoms with Crippen LogP contribution in [0.25, 0.3) is 0 Å². The van der Waals surface area contributed by atoms with Gasteiger partial charge in [0.25, 0.3) is 5.56 Å². The van der Waals surface area contributed by atoms with Gasteiger partial charge in [0.05, 0.1) is 17.6 Å². The van der Waals surface area contributed by atoms with Crippen molar-refractivity contribution in [3.8, 4) is 0 Å². The lowest BCUT2D eigenvalue weighted by atomic mass is 9.66. The Labute approximate surface area is 165 Å². The Morgan fingerprint density at radius 2 is 1.82 bits per heavy atom. The monoisotopic (exact) mass is 386 g/mol. The molecule has 6 heteroatoms. The number of hydrogen-bond acceptors (Lipinski definition) is 4. The molecule has 2 aromatic rings. The van der Waals surface area contributed by atoms with Gasteiger partial charge in [-0.25, -0.2) is 0 Å². The van der Waals surface area contributed by atoms with E-state index in [9.17, 15) is 14.7 Å². The molecule has 0 saturated heterocycles. The second kappa shape index (κ2) is 6.92. The van der Waals surface area contributed by atoms with Crippen LogP contribution in [0, 0.1) is 5.92 Å². The molecule has 3 rings (SSSR count). The third-order valence-corrected chi connectivity index (χ3v) is 5.49. The average Bonchev–Trinajstić information content (AvgIpc) is 2.91. The van der Waals surface area contributed by atoms with Gasteiger partial charge in [0.15, 0.2) is 0 Å². The third kappa shape index (κ3) is 3.65. The molecule has 1 aromatic heterocycles. The Morgan fingerprint density at radius 1 is 1.21 bits per heavy atom. The molecule has 0 radical (unpaired) electrons. The highest BCUT2D eigenvalue weighted by Crippen LogP contribution is 2.44. The predicted octanol–water partition coefficient (Wildman–Crippen LogP) is 3.01. The van der Waals surface area contributed by atoms with E-state index in [0.29, 0.717) is 11.3 Å². The summed E-state index contributed by atoms with van der Waals surface area (Å²) >= 11 is 0. The zero-order valence-corrected chi connectivity index (χ0v) is 17.4. The standard InChI is InChI=1S/C22H30N2O4/c1-12(2)28-20(26)18-16(13-7-9-14(10-8-13)21(3,4)5)17-15(11-22(18,6)27)23-24-19(17)25/h7-10,12,16,18,27H,11H2,1-6H3,(H2,23,24,25)/t16-,18+,22+/m1/s1. The van der Waals surface area contributed by atoms with Crippen LogP contribution < -0.4 is 5.56 Å². The molecule has 0 aliphatic heterocycles. The molecule has 0 amide bonds. The van der Waals surface area contributed by atoms with E-state index >= 15 is 0 Å². The molecule has 1 heterocycles. The van der Waals surface area contributed by atoms with Crippen molar-refractivity contribution in [2.45, 2.75) is 71.0 Å². The molecule has 0 saturated carbocycles. The van der Waals surface area contributed by atoms with E-state index in [1.165, 1.54) is 0 Å². The van der Waals surface area contributed by atoms with Gasteiger partial charge in [-0.15, -0.1) is 0 Å². The molecular formula is C22H30N2O4. The number of benzene rings is 1. The first-order valence-corrected chi connectivity index (χ1v) is 9.74. The molecule has 3 N–H and O–H groups in total. The summed E-state index contributed by atoms with van der Waals surface area (Å²) in [5, 5.41) is 16.6. The van der Waals surface area contributed by atoms with E-state index < -0.39 is 23.4 Å². The smallest absolute Gasteiger partial charge is 0.313 e. The van der Waals surface area contributed by atoms with Gasteiger partial charge in [-0.2, -0.15) is 0 Å². The van der Waals surface area contributed by atoms with Gasteiger partial charge >= 0.3 is 5.97 Å². The first-order valence-electron chi connectivity index (χ1n) is 9.74. The number of aromatic amines is 2. The summed E-state index contributed by atoms with van der Waals surface area (Å²) in [6, 6.07) is 7.92. The molecule has 28 heavy (non-hydrogen) atoms. The lowest BCUT2D eigenvalue weighted by molar-refractivity contribution is -0.163. The Balaban J connectivity index is 2.15. The number of esters is 1. The predicted molar refractivity (Wildman–Crippen MR) is 107 cm³/mol. The number of aromatic nitrogens is 2. The van der Waals surface area contributed by atoms with Crippen LogP contribution in [0.15, 0.2) is 29.1 Å². The summed E-state index contributed by atoms with van der Waals surface area (Å²) in [7, 11) is 0. The Hall–Kier alpha value is -2.34. The summed E-state index contributed by atoms with van der Waals surface area (Å²) in [5.41, 5.74) is 1.47. The number of aliphatic hydroxyl groups is 1. The van der Waals surface area contributed by atoms with Crippen LogP contribution in [0.3, 0.4) is 0 Å². The van der Waals surface area contributed by atoms with Crippen molar-refractivity contribution in [2.75, 3.05) is 0 Å². The minimum atomic E-state index is -1.35. The van der Waals surface area contributed by atoms with Crippen LogP contribution in [-0.4, -0.2) is 33.0 Å². The second-order valence-corrected chi connectivity index (χ2v) is 9.32. The number of ether oxygens (including phenoxy) is 1. The molecule has 0 bridgehead atoms. The fourth-order valence-electron chi connectivity index (χ4n) is 4.11. The lowest BCUT2D eigenvalue weighted by Gasteiger charge is -2.40. The zero-order valence-electron chi connectivity index (χ0n) is 17.4. The number of rotatable bonds is 3. The largest absolute Gasteiger partial charge is 0.463 e. The summed E-state index contributed by atoms with van der Waals surface area (Å²) in [6.07, 6.45) is -0.131. The SMILES string of the molecule is CC(C)OC(=O)[C@@H]1[C@H](c2ccc(C(C)(C)C)cc2)c2c([nH][nH]c2=O)C[C@]1(C)O.